The minimum absolute atomic E-state index is 0.105. The van der Waals surface area contributed by atoms with Crippen molar-refractivity contribution in [1.29, 1.82) is 0 Å². The number of sulfone groups is 1. The summed E-state index contributed by atoms with van der Waals surface area (Å²) in [4.78, 5) is 0.240. The molecule has 8 heteroatoms. The number of nitrogens with one attached hydrogen (secondary N) is 1. The Labute approximate surface area is 119 Å². The lowest BCUT2D eigenvalue weighted by molar-refractivity contribution is 0.310. The van der Waals surface area contributed by atoms with Crippen molar-refractivity contribution in [3.8, 4) is 0 Å². The van der Waals surface area contributed by atoms with Gasteiger partial charge in [-0.1, -0.05) is 0 Å². The molecule has 20 heavy (non-hydrogen) atoms. The molecule has 0 spiro atoms. The van der Waals surface area contributed by atoms with Crippen molar-refractivity contribution in [2.75, 3.05) is 25.9 Å². The highest BCUT2D eigenvalue weighted by Crippen LogP contribution is 2.19. The molecular formula is C12H18N2O4S2. The van der Waals surface area contributed by atoms with E-state index < -0.39 is 19.9 Å². The van der Waals surface area contributed by atoms with Gasteiger partial charge in [0.15, 0.2) is 9.84 Å². The molecule has 1 aliphatic rings. The fraction of sp³-hybridized carbons (Fsp3) is 0.500. The first-order valence-corrected chi connectivity index (χ1v) is 9.58. The van der Waals surface area contributed by atoms with Crippen molar-refractivity contribution in [3.63, 3.8) is 0 Å². The summed E-state index contributed by atoms with van der Waals surface area (Å²) < 4.78 is 49.0. The Kier molecular flexibility index (Phi) is 4.19. The summed E-state index contributed by atoms with van der Waals surface area (Å²) in [6.07, 6.45) is 1.09. The van der Waals surface area contributed by atoms with Crippen LogP contribution in [0.5, 0.6) is 0 Å². The molecule has 112 valence electrons. The first-order chi connectivity index (χ1) is 9.21. The van der Waals surface area contributed by atoms with Crippen LogP contribution in [-0.4, -0.2) is 53.1 Å². The van der Waals surface area contributed by atoms with Gasteiger partial charge in [-0.05, 0) is 31.2 Å². The van der Waals surface area contributed by atoms with Crippen LogP contribution in [0.25, 0.3) is 0 Å². The van der Waals surface area contributed by atoms with E-state index in [0.717, 1.165) is 6.26 Å². The second-order valence-electron chi connectivity index (χ2n) is 4.96. The number of hydrogen-bond acceptors (Lipinski definition) is 5. The SMILES string of the molecule is C[C@@H]1CN(S(=O)(=O)c2ccc(S(C)(=O)=O)cc2)CCN1. The monoisotopic (exact) mass is 318 g/mol. The molecule has 1 aromatic rings. The van der Waals surface area contributed by atoms with Gasteiger partial charge in [-0.25, -0.2) is 16.8 Å². The maximum Gasteiger partial charge on any atom is 0.243 e. The van der Waals surface area contributed by atoms with Crippen molar-refractivity contribution in [1.82, 2.24) is 9.62 Å². The van der Waals surface area contributed by atoms with Crippen molar-refractivity contribution in [2.24, 2.45) is 0 Å². The highest BCUT2D eigenvalue weighted by molar-refractivity contribution is 7.90. The fourth-order valence-electron chi connectivity index (χ4n) is 2.12. The molecular weight excluding hydrogens is 300 g/mol. The summed E-state index contributed by atoms with van der Waals surface area (Å²) in [5, 5.41) is 3.18. The van der Waals surface area contributed by atoms with Gasteiger partial charge < -0.3 is 5.32 Å². The molecule has 1 aliphatic heterocycles. The minimum atomic E-state index is -3.56. The lowest BCUT2D eigenvalue weighted by Gasteiger charge is -2.31. The number of piperazine rings is 1. The summed E-state index contributed by atoms with van der Waals surface area (Å²) in [6, 6.07) is 5.45. The zero-order valence-corrected chi connectivity index (χ0v) is 13.0. The Hall–Kier alpha value is -0.960. The van der Waals surface area contributed by atoms with E-state index in [4.69, 9.17) is 0 Å². The van der Waals surface area contributed by atoms with Gasteiger partial charge in [0.1, 0.15) is 0 Å². The van der Waals surface area contributed by atoms with Crippen molar-refractivity contribution < 1.29 is 16.8 Å². The van der Waals surface area contributed by atoms with E-state index in [2.05, 4.69) is 5.32 Å². The van der Waals surface area contributed by atoms with Crippen LogP contribution >= 0.6 is 0 Å². The van der Waals surface area contributed by atoms with Gasteiger partial charge in [-0.2, -0.15) is 4.31 Å². The molecule has 0 amide bonds. The van der Waals surface area contributed by atoms with E-state index in [0.29, 0.717) is 19.6 Å². The van der Waals surface area contributed by atoms with Crippen LogP contribution < -0.4 is 5.32 Å². The maximum absolute atomic E-state index is 12.4. The van der Waals surface area contributed by atoms with Crippen molar-refractivity contribution in [2.45, 2.75) is 22.8 Å². The summed E-state index contributed by atoms with van der Waals surface area (Å²) in [7, 11) is -6.88. The predicted octanol–water partition coefficient (Wildman–Crippen LogP) is 0.0725. The Bertz CT molecular complexity index is 681. The second kappa shape index (κ2) is 5.44. The molecule has 6 nitrogen and oxygen atoms in total. The molecule has 1 N–H and O–H groups in total. The Balaban J connectivity index is 2.30. The molecule has 1 atom stereocenters. The highest BCUT2D eigenvalue weighted by Gasteiger charge is 2.28. The van der Waals surface area contributed by atoms with Gasteiger partial charge in [0.05, 0.1) is 9.79 Å². The first-order valence-electron chi connectivity index (χ1n) is 6.25. The van der Waals surface area contributed by atoms with E-state index in [1.807, 2.05) is 6.92 Å². The average Bonchev–Trinajstić information content (AvgIpc) is 2.38. The maximum atomic E-state index is 12.4. The standard InChI is InChI=1S/C12H18N2O4S2/c1-10-9-14(8-7-13-10)20(17,18)12-5-3-11(4-6-12)19(2,15)16/h3-6,10,13H,7-9H2,1-2H3/t10-/m1/s1. The second-order valence-corrected chi connectivity index (χ2v) is 8.92. The third-order valence-corrected chi connectivity index (χ3v) is 6.23. The molecule has 0 unspecified atom stereocenters. The van der Waals surface area contributed by atoms with E-state index in [-0.39, 0.29) is 15.8 Å². The van der Waals surface area contributed by atoms with Gasteiger partial charge in [0.2, 0.25) is 10.0 Å². The Morgan fingerprint density at radius 2 is 1.65 bits per heavy atom. The van der Waals surface area contributed by atoms with Gasteiger partial charge in [-0.15, -0.1) is 0 Å². The van der Waals surface area contributed by atoms with E-state index in [1.165, 1.54) is 28.6 Å². The van der Waals surface area contributed by atoms with Crippen LogP contribution in [0.15, 0.2) is 34.1 Å². The van der Waals surface area contributed by atoms with Crippen LogP contribution in [0.2, 0.25) is 0 Å². The third kappa shape index (κ3) is 3.20. The topological polar surface area (TPSA) is 83.6 Å². The average molecular weight is 318 g/mol. The summed E-state index contributed by atoms with van der Waals surface area (Å²) in [5.41, 5.74) is 0. The predicted molar refractivity (Wildman–Crippen MR) is 75.8 cm³/mol. The Morgan fingerprint density at radius 3 is 2.15 bits per heavy atom. The number of rotatable bonds is 3. The lowest BCUT2D eigenvalue weighted by atomic mass is 10.3. The zero-order chi connectivity index (χ0) is 15.0. The summed E-state index contributed by atoms with van der Waals surface area (Å²) >= 11 is 0. The van der Waals surface area contributed by atoms with Crippen LogP contribution in [0.4, 0.5) is 0 Å². The number of sulfonamides is 1. The fourth-order valence-corrected chi connectivity index (χ4v) is 4.28. The number of nitrogens with zero attached hydrogens (tertiary/aromatic N) is 1. The molecule has 1 heterocycles. The number of benzene rings is 1. The van der Waals surface area contributed by atoms with E-state index >= 15 is 0 Å². The van der Waals surface area contributed by atoms with E-state index in [1.54, 1.807) is 0 Å². The van der Waals surface area contributed by atoms with Crippen molar-refractivity contribution in [3.05, 3.63) is 24.3 Å². The van der Waals surface area contributed by atoms with Gasteiger partial charge in [0.25, 0.3) is 0 Å². The van der Waals surface area contributed by atoms with Gasteiger partial charge >= 0.3 is 0 Å². The van der Waals surface area contributed by atoms with Gasteiger partial charge in [0, 0.05) is 31.9 Å². The highest BCUT2D eigenvalue weighted by atomic mass is 32.2. The zero-order valence-electron chi connectivity index (χ0n) is 11.4. The lowest BCUT2D eigenvalue weighted by Crippen LogP contribution is -2.51. The molecule has 0 radical (unpaired) electrons. The molecule has 0 saturated carbocycles. The molecule has 0 aliphatic carbocycles. The van der Waals surface area contributed by atoms with Crippen LogP contribution in [0.3, 0.4) is 0 Å². The molecule has 0 bridgehead atoms. The molecule has 2 rings (SSSR count). The normalized spacial score (nSPS) is 21.8. The largest absolute Gasteiger partial charge is 0.312 e. The first kappa shape index (κ1) is 15.4. The molecule has 1 fully saturated rings. The number of hydrogen-bond donors (Lipinski definition) is 1. The van der Waals surface area contributed by atoms with Crippen LogP contribution in [-0.2, 0) is 19.9 Å². The Morgan fingerprint density at radius 1 is 1.10 bits per heavy atom. The molecule has 0 aromatic heterocycles. The molecule has 1 saturated heterocycles. The summed E-state index contributed by atoms with van der Waals surface area (Å²) in [6.45, 7) is 3.37. The van der Waals surface area contributed by atoms with Crippen LogP contribution in [0.1, 0.15) is 6.92 Å². The third-order valence-electron chi connectivity index (χ3n) is 3.22. The quantitative estimate of drug-likeness (QED) is 0.853. The van der Waals surface area contributed by atoms with E-state index in [9.17, 15) is 16.8 Å². The van der Waals surface area contributed by atoms with Crippen molar-refractivity contribution >= 4 is 19.9 Å². The summed E-state index contributed by atoms with van der Waals surface area (Å²) in [5.74, 6) is 0. The van der Waals surface area contributed by atoms with Crippen LogP contribution in [0, 0.1) is 0 Å². The van der Waals surface area contributed by atoms with Gasteiger partial charge in [-0.3, -0.25) is 0 Å². The smallest absolute Gasteiger partial charge is 0.243 e. The molecule has 1 aromatic carbocycles. The minimum Gasteiger partial charge on any atom is -0.312 e.